The van der Waals surface area contributed by atoms with E-state index in [2.05, 4.69) is 41.8 Å². The van der Waals surface area contributed by atoms with Gasteiger partial charge in [-0.1, -0.05) is 54.1 Å². The van der Waals surface area contributed by atoms with Gasteiger partial charge in [-0.2, -0.15) is 0 Å². The number of imidazole rings is 1. The van der Waals surface area contributed by atoms with Gasteiger partial charge in [0.2, 0.25) is 5.91 Å². The summed E-state index contributed by atoms with van der Waals surface area (Å²) in [6.45, 7) is 6.28. The number of unbranched alkanes of at least 4 members (excludes halogenated alkanes) is 1. The summed E-state index contributed by atoms with van der Waals surface area (Å²) in [7, 11) is 0. The van der Waals surface area contributed by atoms with Crippen molar-refractivity contribution >= 4 is 28.5 Å². The van der Waals surface area contributed by atoms with Crippen LogP contribution in [0.3, 0.4) is 0 Å². The van der Waals surface area contributed by atoms with E-state index in [4.69, 9.17) is 21.3 Å². The van der Waals surface area contributed by atoms with Crippen LogP contribution in [0.4, 0.5) is 0 Å². The van der Waals surface area contributed by atoms with Crippen molar-refractivity contribution in [2.75, 3.05) is 13.2 Å². The standard InChI is InChI=1S/C30H32ClN3O2/c1-21-18-25(14-15-26(21)31)36-17-9-8-16-33-28-13-7-6-12-27(28)32-30(33)24-19-29(35)34(20-24)22(2)23-10-4-3-5-11-23/h3-7,10-15,18,22,24H,8-9,16-17,19-20H2,1-2H3. The van der Waals surface area contributed by atoms with Crippen LogP contribution in [-0.2, 0) is 11.3 Å². The molecule has 4 aromatic rings. The number of fused-ring (bicyclic) bond motifs is 1. The van der Waals surface area contributed by atoms with Gasteiger partial charge in [-0.15, -0.1) is 0 Å². The summed E-state index contributed by atoms with van der Waals surface area (Å²) in [6.07, 6.45) is 2.39. The molecule has 6 heteroatoms. The molecule has 2 heterocycles. The van der Waals surface area contributed by atoms with Crippen molar-refractivity contribution in [2.45, 2.75) is 51.6 Å². The van der Waals surface area contributed by atoms with Crippen LogP contribution in [0.2, 0.25) is 5.02 Å². The van der Waals surface area contributed by atoms with Crippen molar-refractivity contribution in [2.24, 2.45) is 0 Å². The van der Waals surface area contributed by atoms with E-state index in [-0.39, 0.29) is 17.9 Å². The van der Waals surface area contributed by atoms with Gasteiger partial charge in [-0.3, -0.25) is 4.79 Å². The largest absolute Gasteiger partial charge is 0.494 e. The van der Waals surface area contributed by atoms with Gasteiger partial charge in [0.1, 0.15) is 11.6 Å². The molecule has 1 saturated heterocycles. The fourth-order valence-electron chi connectivity index (χ4n) is 5.10. The number of hydrogen-bond acceptors (Lipinski definition) is 3. The monoisotopic (exact) mass is 501 g/mol. The minimum absolute atomic E-state index is 0.0511. The fraction of sp³-hybridized carbons (Fsp3) is 0.333. The number of aryl methyl sites for hydroxylation is 2. The van der Waals surface area contributed by atoms with Gasteiger partial charge < -0.3 is 14.2 Å². The maximum absolute atomic E-state index is 13.0. The molecule has 36 heavy (non-hydrogen) atoms. The lowest BCUT2D eigenvalue weighted by molar-refractivity contribution is -0.129. The Morgan fingerprint density at radius 3 is 2.64 bits per heavy atom. The Kier molecular flexibility index (Phi) is 7.28. The van der Waals surface area contributed by atoms with Crippen molar-refractivity contribution in [3.63, 3.8) is 0 Å². The molecule has 5 rings (SSSR count). The normalized spacial score (nSPS) is 16.6. The van der Waals surface area contributed by atoms with E-state index in [0.717, 1.165) is 58.1 Å². The van der Waals surface area contributed by atoms with Gasteiger partial charge in [0.25, 0.3) is 0 Å². The second kappa shape index (κ2) is 10.8. The van der Waals surface area contributed by atoms with Crippen LogP contribution in [-0.4, -0.2) is 33.5 Å². The van der Waals surface area contributed by atoms with Crippen LogP contribution in [0.25, 0.3) is 11.0 Å². The molecule has 0 radical (unpaired) electrons. The fourth-order valence-corrected chi connectivity index (χ4v) is 5.22. The molecular weight excluding hydrogens is 470 g/mol. The molecule has 0 aliphatic carbocycles. The number of carbonyl (C=O) groups is 1. The smallest absolute Gasteiger partial charge is 0.223 e. The summed E-state index contributed by atoms with van der Waals surface area (Å²) in [4.78, 5) is 20.0. The second-order valence-corrected chi connectivity index (χ2v) is 10.0. The first-order valence-corrected chi connectivity index (χ1v) is 13.1. The number of likely N-dealkylation sites (tertiary alicyclic amines) is 1. The first-order valence-electron chi connectivity index (χ1n) is 12.7. The van der Waals surface area contributed by atoms with Crippen molar-refractivity contribution in [1.29, 1.82) is 0 Å². The summed E-state index contributed by atoms with van der Waals surface area (Å²) < 4.78 is 8.26. The Hall–Kier alpha value is -3.31. The summed E-state index contributed by atoms with van der Waals surface area (Å²) in [5.74, 6) is 2.15. The zero-order valence-electron chi connectivity index (χ0n) is 20.9. The van der Waals surface area contributed by atoms with Crippen molar-refractivity contribution in [1.82, 2.24) is 14.5 Å². The summed E-state index contributed by atoms with van der Waals surface area (Å²) in [5.41, 5.74) is 4.30. The lowest BCUT2D eigenvalue weighted by atomic mass is 10.1. The third kappa shape index (κ3) is 5.12. The van der Waals surface area contributed by atoms with E-state index >= 15 is 0 Å². The molecule has 2 atom stereocenters. The number of ether oxygens (including phenoxy) is 1. The zero-order chi connectivity index (χ0) is 25.1. The molecule has 1 fully saturated rings. The first kappa shape index (κ1) is 24.4. The number of rotatable bonds is 9. The predicted octanol–water partition coefficient (Wildman–Crippen LogP) is 6.93. The van der Waals surface area contributed by atoms with Crippen LogP contribution in [0.5, 0.6) is 5.75 Å². The van der Waals surface area contributed by atoms with Gasteiger partial charge in [0.15, 0.2) is 0 Å². The highest BCUT2D eigenvalue weighted by Gasteiger charge is 2.36. The van der Waals surface area contributed by atoms with Crippen LogP contribution >= 0.6 is 11.6 Å². The molecule has 2 unspecified atom stereocenters. The highest BCUT2D eigenvalue weighted by molar-refractivity contribution is 6.31. The third-order valence-electron chi connectivity index (χ3n) is 7.13. The van der Waals surface area contributed by atoms with Crippen molar-refractivity contribution in [3.05, 3.63) is 94.8 Å². The minimum atomic E-state index is 0.0511. The number of nitrogens with zero attached hydrogens (tertiary/aromatic N) is 3. The average Bonchev–Trinajstić information content (AvgIpc) is 3.46. The number of para-hydroxylation sites is 2. The van der Waals surface area contributed by atoms with E-state index in [1.165, 1.54) is 0 Å². The molecule has 1 aliphatic heterocycles. The maximum atomic E-state index is 13.0. The van der Waals surface area contributed by atoms with E-state index in [0.29, 0.717) is 19.6 Å². The van der Waals surface area contributed by atoms with Gasteiger partial charge >= 0.3 is 0 Å². The first-order chi connectivity index (χ1) is 17.5. The van der Waals surface area contributed by atoms with Crippen LogP contribution in [0.15, 0.2) is 72.8 Å². The molecular formula is C30H32ClN3O2. The maximum Gasteiger partial charge on any atom is 0.223 e. The Labute approximate surface area is 217 Å². The van der Waals surface area contributed by atoms with E-state index in [1.807, 2.05) is 54.3 Å². The number of amides is 1. The van der Waals surface area contributed by atoms with Gasteiger partial charge in [0, 0.05) is 30.5 Å². The molecule has 5 nitrogen and oxygen atoms in total. The van der Waals surface area contributed by atoms with E-state index < -0.39 is 0 Å². The zero-order valence-corrected chi connectivity index (χ0v) is 21.6. The quantitative estimate of drug-likeness (QED) is 0.233. The number of halogens is 1. The van der Waals surface area contributed by atoms with Gasteiger partial charge in [-0.25, -0.2) is 4.98 Å². The number of carbonyl (C=O) groups excluding carboxylic acids is 1. The van der Waals surface area contributed by atoms with Crippen LogP contribution < -0.4 is 4.74 Å². The van der Waals surface area contributed by atoms with Crippen molar-refractivity contribution < 1.29 is 9.53 Å². The molecule has 0 saturated carbocycles. The van der Waals surface area contributed by atoms with Gasteiger partial charge in [0.05, 0.1) is 23.7 Å². The molecule has 3 aromatic carbocycles. The Bertz CT molecular complexity index is 1350. The molecule has 0 N–H and O–H groups in total. The third-order valence-corrected chi connectivity index (χ3v) is 7.56. The molecule has 1 amide bonds. The predicted molar refractivity (Wildman–Crippen MR) is 145 cm³/mol. The highest BCUT2D eigenvalue weighted by Crippen LogP contribution is 2.35. The lowest BCUT2D eigenvalue weighted by Gasteiger charge is -2.25. The molecule has 0 spiro atoms. The summed E-state index contributed by atoms with van der Waals surface area (Å²) in [6, 6.07) is 24.3. The Morgan fingerprint density at radius 2 is 1.83 bits per heavy atom. The molecule has 1 aliphatic rings. The topological polar surface area (TPSA) is 47.4 Å². The number of benzene rings is 3. The van der Waals surface area contributed by atoms with E-state index in [9.17, 15) is 4.79 Å². The molecule has 1 aromatic heterocycles. The minimum Gasteiger partial charge on any atom is -0.494 e. The average molecular weight is 502 g/mol. The number of aromatic nitrogens is 2. The number of hydrogen-bond donors (Lipinski definition) is 0. The summed E-state index contributed by atoms with van der Waals surface area (Å²) in [5, 5.41) is 0.754. The van der Waals surface area contributed by atoms with Crippen molar-refractivity contribution in [3.8, 4) is 5.75 Å². The SMILES string of the molecule is Cc1cc(OCCCCn2c(C3CC(=O)N(C(C)c4ccccc4)C3)nc3ccccc32)ccc1Cl. The summed E-state index contributed by atoms with van der Waals surface area (Å²) >= 11 is 6.12. The second-order valence-electron chi connectivity index (χ2n) is 9.61. The Morgan fingerprint density at radius 1 is 1.06 bits per heavy atom. The van der Waals surface area contributed by atoms with Gasteiger partial charge in [-0.05, 0) is 68.1 Å². The molecule has 186 valence electrons. The van der Waals surface area contributed by atoms with E-state index in [1.54, 1.807) is 0 Å². The molecule has 0 bridgehead atoms. The highest BCUT2D eigenvalue weighted by atomic mass is 35.5. The van der Waals surface area contributed by atoms with Crippen LogP contribution in [0, 0.1) is 6.92 Å². The Balaban J connectivity index is 1.27. The van der Waals surface area contributed by atoms with Crippen LogP contribution in [0.1, 0.15) is 55.1 Å². The lowest BCUT2D eigenvalue weighted by Crippen LogP contribution is -2.28.